The summed E-state index contributed by atoms with van der Waals surface area (Å²) in [5.74, 6) is 0.969. The number of amides is 1. The van der Waals surface area contributed by atoms with Crippen LogP contribution in [0.5, 0.6) is 0 Å². The molecular formula is C23H34N2O3. The van der Waals surface area contributed by atoms with E-state index in [4.69, 9.17) is 4.42 Å². The van der Waals surface area contributed by atoms with Crippen LogP contribution in [-0.2, 0) is 6.42 Å². The molecule has 1 saturated heterocycles. The Kier molecular flexibility index (Phi) is 5.38. The quantitative estimate of drug-likeness (QED) is 0.788. The Hall–Kier alpha value is -1.62. The summed E-state index contributed by atoms with van der Waals surface area (Å²) in [5, 5.41) is 3.18. The molecule has 0 radical (unpaired) electrons. The van der Waals surface area contributed by atoms with Crippen molar-refractivity contribution in [2.75, 3.05) is 13.1 Å². The van der Waals surface area contributed by atoms with E-state index < -0.39 is 0 Å². The monoisotopic (exact) mass is 386 g/mol. The van der Waals surface area contributed by atoms with E-state index in [9.17, 15) is 9.59 Å². The standard InChI is InChI=1S/C23H34N2O3/c1-15-20-18(26)12-23(2,3)13-19(20)28-21(15)22(27)24-16-10-11-25(14-16)17-8-6-4-5-7-9-17/h16-17H,4-14H2,1-3H3,(H,24,27). The van der Waals surface area contributed by atoms with Crippen molar-refractivity contribution in [3.63, 3.8) is 0 Å². The number of Topliss-reactive ketones (excluding diaryl/α,β-unsaturated/α-hetero) is 1. The Morgan fingerprint density at radius 1 is 1.11 bits per heavy atom. The number of nitrogens with one attached hydrogen (secondary N) is 1. The van der Waals surface area contributed by atoms with Crippen molar-refractivity contribution >= 4 is 11.7 Å². The van der Waals surface area contributed by atoms with Crippen LogP contribution in [0.15, 0.2) is 4.42 Å². The van der Waals surface area contributed by atoms with Gasteiger partial charge in [0.15, 0.2) is 11.5 Å². The van der Waals surface area contributed by atoms with Gasteiger partial charge >= 0.3 is 0 Å². The lowest BCUT2D eigenvalue weighted by atomic mass is 9.76. The first kappa shape index (κ1) is 19.7. The van der Waals surface area contributed by atoms with E-state index in [2.05, 4.69) is 24.1 Å². The number of fused-ring (bicyclic) bond motifs is 1. The molecular weight excluding hydrogens is 352 g/mol. The summed E-state index contributed by atoms with van der Waals surface area (Å²) in [5.41, 5.74) is 1.26. The highest BCUT2D eigenvalue weighted by Gasteiger charge is 2.37. The summed E-state index contributed by atoms with van der Waals surface area (Å²) >= 11 is 0. The van der Waals surface area contributed by atoms with Crippen LogP contribution in [0.1, 0.15) is 97.5 Å². The van der Waals surface area contributed by atoms with Crippen LogP contribution < -0.4 is 5.32 Å². The van der Waals surface area contributed by atoms with Crippen molar-refractivity contribution in [3.05, 3.63) is 22.6 Å². The molecule has 1 unspecified atom stereocenters. The molecule has 5 heteroatoms. The van der Waals surface area contributed by atoms with E-state index in [1.165, 1.54) is 38.5 Å². The van der Waals surface area contributed by atoms with Crippen molar-refractivity contribution in [1.82, 2.24) is 10.2 Å². The molecule has 0 spiro atoms. The van der Waals surface area contributed by atoms with Crippen LogP contribution in [-0.4, -0.2) is 41.8 Å². The summed E-state index contributed by atoms with van der Waals surface area (Å²) in [6.45, 7) is 8.00. The number of likely N-dealkylation sites (tertiary alicyclic amines) is 1. The summed E-state index contributed by atoms with van der Waals surface area (Å²) in [6, 6.07) is 0.853. The highest BCUT2D eigenvalue weighted by Crippen LogP contribution is 2.38. The fourth-order valence-electron chi connectivity index (χ4n) is 5.41. The zero-order valence-electron chi connectivity index (χ0n) is 17.6. The van der Waals surface area contributed by atoms with Gasteiger partial charge in [-0.15, -0.1) is 0 Å². The Morgan fingerprint density at radius 3 is 2.54 bits per heavy atom. The van der Waals surface area contributed by atoms with Gasteiger partial charge in [-0.3, -0.25) is 14.5 Å². The Labute approximate surface area is 168 Å². The van der Waals surface area contributed by atoms with Crippen LogP contribution in [0, 0.1) is 12.3 Å². The molecule has 1 aromatic heterocycles. The molecule has 2 aliphatic carbocycles. The first-order chi connectivity index (χ1) is 13.3. The second-order valence-electron chi connectivity index (χ2n) is 9.89. The summed E-state index contributed by atoms with van der Waals surface area (Å²) in [7, 11) is 0. The Bertz CT molecular complexity index is 756. The summed E-state index contributed by atoms with van der Waals surface area (Å²) in [4.78, 5) is 28.0. The molecule has 154 valence electrons. The van der Waals surface area contributed by atoms with Crippen molar-refractivity contribution < 1.29 is 14.0 Å². The van der Waals surface area contributed by atoms with Gasteiger partial charge in [0.2, 0.25) is 0 Å². The molecule has 4 rings (SSSR count). The minimum atomic E-state index is -0.162. The normalized spacial score (nSPS) is 26.1. The maximum absolute atomic E-state index is 12.9. The van der Waals surface area contributed by atoms with E-state index >= 15 is 0 Å². The molecule has 1 aromatic rings. The second kappa shape index (κ2) is 7.66. The van der Waals surface area contributed by atoms with Gasteiger partial charge in [-0.2, -0.15) is 0 Å². The molecule has 1 saturated carbocycles. The Morgan fingerprint density at radius 2 is 1.82 bits per heavy atom. The first-order valence-corrected chi connectivity index (χ1v) is 11.0. The van der Waals surface area contributed by atoms with E-state index in [1.807, 2.05) is 6.92 Å². The molecule has 2 fully saturated rings. The molecule has 5 nitrogen and oxygen atoms in total. The predicted octanol–water partition coefficient (Wildman–Crippen LogP) is 4.27. The largest absolute Gasteiger partial charge is 0.455 e. The van der Waals surface area contributed by atoms with Gasteiger partial charge < -0.3 is 9.73 Å². The molecule has 1 atom stereocenters. The molecule has 0 aromatic carbocycles. The number of ketones is 1. The minimum absolute atomic E-state index is 0.104. The molecule has 2 heterocycles. The van der Waals surface area contributed by atoms with Crippen molar-refractivity contribution in [3.8, 4) is 0 Å². The van der Waals surface area contributed by atoms with Crippen molar-refractivity contribution in [1.29, 1.82) is 0 Å². The third kappa shape index (κ3) is 3.91. The highest BCUT2D eigenvalue weighted by atomic mass is 16.4. The molecule has 3 aliphatic rings. The molecule has 28 heavy (non-hydrogen) atoms. The van der Waals surface area contributed by atoms with E-state index in [1.54, 1.807) is 0 Å². The highest BCUT2D eigenvalue weighted by molar-refractivity contribution is 6.03. The molecule has 1 N–H and O–H groups in total. The topological polar surface area (TPSA) is 62.6 Å². The lowest BCUT2D eigenvalue weighted by Gasteiger charge is -2.27. The summed E-state index contributed by atoms with van der Waals surface area (Å²) < 4.78 is 5.93. The van der Waals surface area contributed by atoms with E-state index in [0.717, 1.165) is 19.5 Å². The molecule has 0 bridgehead atoms. The van der Waals surface area contributed by atoms with Crippen LogP contribution >= 0.6 is 0 Å². The third-order valence-electron chi connectivity index (χ3n) is 6.88. The average molecular weight is 387 g/mol. The fraction of sp³-hybridized carbons (Fsp3) is 0.739. The van der Waals surface area contributed by atoms with Gasteiger partial charge in [0.05, 0.1) is 5.56 Å². The minimum Gasteiger partial charge on any atom is -0.455 e. The molecule has 1 aliphatic heterocycles. The molecule has 1 amide bonds. The van der Waals surface area contributed by atoms with Gasteiger partial charge in [0.25, 0.3) is 5.91 Å². The lowest BCUT2D eigenvalue weighted by molar-refractivity contribution is 0.0881. The zero-order valence-corrected chi connectivity index (χ0v) is 17.6. The fourth-order valence-corrected chi connectivity index (χ4v) is 5.41. The number of rotatable bonds is 3. The van der Waals surface area contributed by atoms with Crippen LogP contribution in [0.4, 0.5) is 0 Å². The van der Waals surface area contributed by atoms with Gasteiger partial charge in [0.1, 0.15) is 5.76 Å². The van der Waals surface area contributed by atoms with E-state index in [0.29, 0.717) is 41.5 Å². The number of carbonyl (C=O) groups is 2. The summed E-state index contributed by atoms with van der Waals surface area (Å²) in [6.07, 6.45) is 10.2. The number of furan rings is 1. The second-order valence-corrected chi connectivity index (χ2v) is 9.89. The third-order valence-corrected chi connectivity index (χ3v) is 6.88. The lowest BCUT2D eigenvalue weighted by Crippen LogP contribution is -2.39. The number of nitrogens with zero attached hydrogens (tertiary/aromatic N) is 1. The average Bonchev–Trinajstić information content (AvgIpc) is 3.08. The van der Waals surface area contributed by atoms with Gasteiger partial charge in [-0.1, -0.05) is 39.5 Å². The number of hydrogen-bond acceptors (Lipinski definition) is 4. The van der Waals surface area contributed by atoms with Crippen LogP contribution in [0.3, 0.4) is 0 Å². The predicted molar refractivity (Wildman–Crippen MR) is 109 cm³/mol. The SMILES string of the molecule is Cc1c(C(=O)NC2CCN(C3CCCCCC3)C2)oc2c1C(=O)CC(C)(C)C2. The number of carbonyl (C=O) groups excluding carboxylic acids is 2. The smallest absolute Gasteiger partial charge is 0.287 e. The maximum atomic E-state index is 12.9. The van der Waals surface area contributed by atoms with Crippen LogP contribution in [0.25, 0.3) is 0 Å². The van der Waals surface area contributed by atoms with Gasteiger partial charge in [-0.05, 0) is 31.6 Å². The van der Waals surface area contributed by atoms with Crippen molar-refractivity contribution in [2.24, 2.45) is 5.41 Å². The van der Waals surface area contributed by atoms with Gasteiger partial charge in [0, 0.05) is 43.6 Å². The van der Waals surface area contributed by atoms with E-state index in [-0.39, 0.29) is 23.1 Å². The number of hydrogen-bond donors (Lipinski definition) is 1. The maximum Gasteiger partial charge on any atom is 0.287 e. The first-order valence-electron chi connectivity index (χ1n) is 11.0. The van der Waals surface area contributed by atoms with Gasteiger partial charge in [-0.25, -0.2) is 0 Å². The zero-order chi connectivity index (χ0) is 19.9. The van der Waals surface area contributed by atoms with Crippen LogP contribution in [0.2, 0.25) is 0 Å². The Balaban J connectivity index is 1.42. The van der Waals surface area contributed by atoms with Crippen molar-refractivity contribution in [2.45, 2.75) is 90.6 Å².